The Balaban J connectivity index is 2.41. The lowest BCUT2D eigenvalue weighted by Crippen LogP contribution is -2.43. The summed E-state index contributed by atoms with van der Waals surface area (Å²) in [5, 5.41) is 2.85. The van der Waals surface area contributed by atoms with Gasteiger partial charge in [-0.2, -0.15) is 0 Å². The fourth-order valence-corrected chi connectivity index (χ4v) is 2.10. The normalized spacial score (nSPS) is 20.3. The van der Waals surface area contributed by atoms with Crippen LogP contribution in [-0.2, 0) is 14.3 Å². The van der Waals surface area contributed by atoms with Crippen LogP contribution in [0.25, 0.3) is 0 Å². The Morgan fingerprint density at radius 3 is 2.67 bits per heavy atom. The second-order valence-electron chi connectivity index (χ2n) is 5.71. The van der Waals surface area contributed by atoms with E-state index in [2.05, 4.69) is 5.32 Å². The van der Waals surface area contributed by atoms with E-state index in [-0.39, 0.29) is 23.3 Å². The molecule has 0 radical (unpaired) electrons. The first-order valence-electron chi connectivity index (χ1n) is 6.43. The molecule has 0 aromatic heterocycles. The molecule has 1 saturated heterocycles. The standard InChI is InChI=1S/C13H24N2O3/c1-13(2,3)15-9-10(8-11(15)16)12(17)14-6-5-7-18-4/h10H,5-9H2,1-4H3,(H,14,17)/t10-/m0/s1. The molecule has 18 heavy (non-hydrogen) atoms. The fourth-order valence-electron chi connectivity index (χ4n) is 2.10. The lowest BCUT2D eigenvalue weighted by molar-refractivity contribution is -0.132. The van der Waals surface area contributed by atoms with E-state index < -0.39 is 0 Å². The number of hydrogen-bond acceptors (Lipinski definition) is 3. The second-order valence-corrected chi connectivity index (χ2v) is 5.71. The van der Waals surface area contributed by atoms with E-state index in [0.717, 1.165) is 6.42 Å². The van der Waals surface area contributed by atoms with Gasteiger partial charge in [0.1, 0.15) is 0 Å². The van der Waals surface area contributed by atoms with E-state index >= 15 is 0 Å². The van der Waals surface area contributed by atoms with Gasteiger partial charge in [0.05, 0.1) is 5.92 Å². The first-order valence-corrected chi connectivity index (χ1v) is 6.43. The van der Waals surface area contributed by atoms with Gasteiger partial charge >= 0.3 is 0 Å². The quantitative estimate of drug-likeness (QED) is 0.740. The van der Waals surface area contributed by atoms with Gasteiger partial charge in [-0.1, -0.05) is 0 Å². The maximum absolute atomic E-state index is 11.9. The Morgan fingerprint density at radius 1 is 1.50 bits per heavy atom. The van der Waals surface area contributed by atoms with Crippen LogP contribution in [0.15, 0.2) is 0 Å². The summed E-state index contributed by atoms with van der Waals surface area (Å²) < 4.78 is 4.91. The number of carbonyl (C=O) groups is 2. The molecule has 0 spiro atoms. The second kappa shape index (κ2) is 6.18. The zero-order valence-corrected chi connectivity index (χ0v) is 11.8. The Morgan fingerprint density at radius 2 is 2.17 bits per heavy atom. The van der Waals surface area contributed by atoms with E-state index in [9.17, 15) is 9.59 Å². The summed E-state index contributed by atoms with van der Waals surface area (Å²) in [7, 11) is 1.64. The van der Waals surface area contributed by atoms with Gasteiger partial charge in [-0.05, 0) is 27.2 Å². The number of likely N-dealkylation sites (tertiary alicyclic amines) is 1. The molecule has 0 unspecified atom stereocenters. The number of hydrogen-bond donors (Lipinski definition) is 1. The van der Waals surface area contributed by atoms with Crippen molar-refractivity contribution in [3.63, 3.8) is 0 Å². The highest BCUT2D eigenvalue weighted by Crippen LogP contribution is 2.25. The number of nitrogens with zero attached hydrogens (tertiary/aromatic N) is 1. The van der Waals surface area contributed by atoms with Crippen LogP contribution in [0.1, 0.15) is 33.6 Å². The predicted octanol–water partition coefficient (Wildman–Crippen LogP) is 0.786. The van der Waals surface area contributed by atoms with E-state index in [1.807, 2.05) is 20.8 Å². The molecule has 2 amide bonds. The molecule has 0 aliphatic carbocycles. The minimum Gasteiger partial charge on any atom is -0.385 e. The highest BCUT2D eigenvalue weighted by Gasteiger charge is 2.39. The summed E-state index contributed by atoms with van der Waals surface area (Å²) in [6.07, 6.45) is 1.12. The SMILES string of the molecule is COCCCNC(=O)[C@H]1CC(=O)N(C(C)(C)C)C1. The number of rotatable bonds is 5. The van der Waals surface area contributed by atoms with Gasteiger partial charge in [-0.15, -0.1) is 0 Å². The molecule has 5 nitrogen and oxygen atoms in total. The third-order valence-electron chi connectivity index (χ3n) is 3.13. The van der Waals surface area contributed by atoms with E-state index in [0.29, 0.717) is 26.1 Å². The summed E-state index contributed by atoms with van der Waals surface area (Å²) in [6.45, 7) is 7.74. The number of nitrogens with one attached hydrogen (secondary N) is 1. The van der Waals surface area contributed by atoms with Gasteiger partial charge in [-0.25, -0.2) is 0 Å². The van der Waals surface area contributed by atoms with Crippen LogP contribution in [0.2, 0.25) is 0 Å². The van der Waals surface area contributed by atoms with E-state index in [4.69, 9.17) is 4.74 Å². The average molecular weight is 256 g/mol. The van der Waals surface area contributed by atoms with Crippen molar-refractivity contribution in [3.8, 4) is 0 Å². The lowest BCUT2D eigenvalue weighted by atomic mass is 10.1. The molecular weight excluding hydrogens is 232 g/mol. The van der Waals surface area contributed by atoms with Gasteiger partial charge in [0.15, 0.2) is 0 Å². The van der Waals surface area contributed by atoms with Crippen LogP contribution < -0.4 is 5.32 Å². The molecule has 104 valence electrons. The van der Waals surface area contributed by atoms with Crippen molar-refractivity contribution in [3.05, 3.63) is 0 Å². The highest BCUT2D eigenvalue weighted by molar-refractivity contribution is 5.89. The summed E-state index contributed by atoms with van der Waals surface area (Å²) >= 11 is 0. The van der Waals surface area contributed by atoms with Crippen LogP contribution in [0.4, 0.5) is 0 Å². The Labute approximate surface area is 109 Å². The van der Waals surface area contributed by atoms with E-state index in [1.165, 1.54) is 0 Å². The maximum Gasteiger partial charge on any atom is 0.225 e. The Bertz CT molecular complexity index is 310. The average Bonchev–Trinajstić information content (AvgIpc) is 2.66. The molecule has 1 aliphatic heterocycles. The van der Waals surface area contributed by atoms with E-state index in [1.54, 1.807) is 12.0 Å². The van der Waals surface area contributed by atoms with Gasteiger partial charge in [0.2, 0.25) is 11.8 Å². The molecule has 1 rings (SSSR count). The summed E-state index contributed by atoms with van der Waals surface area (Å²) in [4.78, 5) is 25.5. The summed E-state index contributed by atoms with van der Waals surface area (Å²) in [5.74, 6) is -0.162. The number of methoxy groups -OCH3 is 1. The zero-order chi connectivity index (χ0) is 13.8. The van der Waals surface area contributed by atoms with Crippen molar-refractivity contribution < 1.29 is 14.3 Å². The molecule has 0 bridgehead atoms. The molecule has 0 aromatic carbocycles. The minimum atomic E-state index is -0.209. The molecule has 0 aromatic rings. The fraction of sp³-hybridized carbons (Fsp3) is 0.846. The molecule has 1 aliphatic rings. The van der Waals surface area contributed by atoms with Gasteiger partial charge < -0.3 is 15.0 Å². The number of ether oxygens (including phenoxy) is 1. The summed E-state index contributed by atoms with van der Waals surface area (Å²) in [5.41, 5.74) is -0.206. The van der Waals surface area contributed by atoms with Crippen molar-refractivity contribution in [1.82, 2.24) is 10.2 Å². The molecule has 1 heterocycles. The molecule has 0 saturated carbocycles. The molecule has 1 fully saturated rings. The smallest absolute Gasteiger partial charge is 0.225 e. The third kappa shape index (κ3) is 3.98. The topological polar surface area (TPSA) is 58.6 Å². The zero-order valence-electron chi connectivity index (χ0n) is 11.8. The van der Waals surface area contributed by atoms with Crippen LogP contribution in [0.5, 0.6) is 0 Å². The molecule has 5 heteroatoms. The van der Waals surface area contributed by atoms with Crippen molar-refractivity contribution in [2.45, 2.75) is 39.2 Å². The minimum absolute atomic E-state index is 0.0220. The van der Waals surface area contributed by atoms with Crippen LogP contribution >= 0.6 is 0 Å². The largest absolute Gasteiger partial charge is 0.385 e. The predicted molar refractivity (Wildman–Crippen MR) is 69.1 cm³/mol. The molecular formula is C13H24N2O3. The Kier molecular flexibility index (Phi) is 5.14. The Hall–Kier alpha value is -1.10. The lowest BCUT2D eigenvalue weighted by Gasteiger charge is -2.31. The van der Waals surface area contributed by atoms with Crippen LogP contribution in [-0.4, -0.2) is 49.1 Å². The van der Waals surface area contributed by atoms with Crippen molar-refractivity contribution in [1.29, 1.82) is 0 Å². The van der Waals surface area contributed by atoms with Gasteiger partial charge in [-0.3, -0.25) is 9.59 Å². The number of carbonyl (C=O) groups excluding carboxylic acids is 2. The third-order valence-corrected chi connectivity index (χ3v) is 3.13. The van der Waals surface area contributed by atoms with Crippen LogP contribution in [0.3, 0.4) is 0 Å². The highest BCUT2D eigenvalue weighted by atomic mass is 16.5. The molecule has 1 N–H and O–H groups in total. The van der Waals surface area contributed by atoms with Gasteiger partial charge in [0.25, 0.3) is 0 Å². The van der Waals surface area contributed by atoms with Crippen molar-refractivity contribution in [2.75, 3.05) is 26.8 Å². The first-order chi connectivity index (χ1) is 8.36. The van der Waals surface area contributed by atoms with Crippen molar-refractivity contribution >= 4 is 11.8 Å². The number of amides is 2. The van der Waals surface area contributed by atoms with Crippen LogP contribution in [0, 0.1) is 5.92 Å². The summed E-state index contributed by atoms with van der Waals surface area (Å²) in [6, 6.07) is 0. The maximum atomic E-state index is 11.9. The monoisotopic (exact) mass is 256 g/mol. The van der Waals surface area contributed by atoms with Crippen molar-refractivity contribution in [2.24, 2.45) is 5.92 Å². The van der Waals surface area contributed by atoms with Gasteiger partial charge in [0, 0.05) is 38.8 Å². The molecule has 1 atom stereocenters. The first kappa shape index (κ1) is 15.0.